The number of hydrogen-bond acceptors (Lipinski definition) is 6. The molecule has 26 heavy (non-hydrogen) atoms. The Bertz CT molecular complexity index is 949. The number of amides is 1. The third-order valence-electron chi connectivity index (χ3n) is 4.52. The molecule has 7 nitrogen and oxygen atoms in total. The fourth-order valence-electron chi connectivity index (χ4n) is 2.86. The Labute approximate surface area is 157 Å². The first-order chi connectivity index (χ1) is 12.3. The van der Waals surface area contributed by atoms with Crippen molar-refractivity contribution in [1.29, 1.82) is 0 Å². The summed E-state index contributed by atoms with van der Waals surface area (Å²) in [5.74, 6) is 0.395. The van der Waals surface area contributed by atoms with Gasteiger partial charge in [0.1, 0.15) is 17.8 Å². The van der Waals surface area contributed by atoms with Crippen molar-refractivity contribution in [2.45, 2.75) is 19.4 Å². The van der Waals surface area contributed by atoms with E-state index in [2.05, 4.69) is 15.3 Å². The molecule has 0 bridgehead atoms. The lowest BCUT2D eigenvalue weighted by atomic mass is 10.2. The van der Waals surface area contributed by atoms with Crippen LogP contribution in [0.1, 0.15) is 22.5 Å². The molecule has 0 radical (unpaired) electrons. The third-order valence-corrected chi connectivity index (χ3v) is 6.68. The van der Waals surface area contributed by atoms with Gasteiger partial charge in [-0.1, -0.05) is 17.7 Å². The Morgan fingerprint density at radius 1 is 1.35 bits per heavy atom. The molecule has 0 saturated carbocycles. The minimum Gasteiger partial charge on any atom is -0.356 e. The zero-order chi connectivity index (χ0) is 18.9. The van der Waals surface area contributed by atoms with Gasteiger partial charge in [0, 0.05) is 29.9 Å². The lowest BCUT2D eigenvalue weighted by Gasteiger charge is -2.24. The van der Waals surface area contributed by atoms with Crippen LogP contribution in [-0.2, 0) is 9.84 Å². The van der Waals surface area contributed by atoms with Crippen LogP contribution in [0.4, 0.5) is 11.5 Å². The maximum Gasteiger partial charge on any atom is 0.274 e. The summed E-state index contributed by atoms with van der Waals surface area (Å²) in [4.78, 5) is 22.5. The van der Waals surface area contributed by atoms with Gasteiger partial charge < -0.3 is 10.2 Å². The van der Waals surface area contributed by atoms with Crippen molar-refractivity contribution in [1.82, 2.24) is 9.97 Å². The van der Waals surface area contributed by atoms with E-state index in [1.165, 1.54) is 6.33 Å². The molecule has 138 valence electrons. The summed E-state index contributed by atoms with van der Waals surface area (Å²) in [7, 11) is -1.23. The minimum absolute atomic E-state index is 0.0940. The maximum absolute atomic E-state index is 12.5. The van der Waals surface area contributed by atoms with E-state index in [-0.39, 0.29) is 29.1 Å². The van der Waals surface area contributed by atoms with E-state index in [1.54, 1.807) is 36.2 Å². The number of carbonyl (C=O) groups excluding carboxylic acids is 1. The summed E-state index contributed by atoms with van der Waals surface area (Å²) in [6.07, 6.45) is 1.85. The van der Waals surface area contributed by atoms with Gasteiger partial charge in [0.2, 0.25) is 0 Å². The number of nitrogens with zero attached hydrogens (tertiary/aromatic N) is 3. The number of hydrogen-bond donors (Lipinski definition) is 1. The van der Waals surface area contributed by atoms with Crippen LogP contribution in [0, 0.1) is 6.92 Å². The monoisotopic (exact) mass is 394 g/mol. The highest BCUT2D eigenvalue weighted by Gasteiger charge is 2.31. The smallest absolute Gasteiger partial charge is 0.274 e. The van der Waals surface area contributed by atoms with Gasteiger partial charge in [-0.3, -0.25) is 4.79 Å². The highest BCUT2D eigenvalue weighted by Crippen LogP contribution is 2.24. The van der Waals surface area contributed by atoms with Crippen molar-refractivity contribution >= 4 is 38.9 Å². The lowest BCUT2D eigenvalue weighted by molar-refractivity contribution is 0.102. The van der Waals surface area contributed by atoms with E-state index < -0.39 is 9.84 Å². The van der Waals surface area contributed by atoms with Crippen molar-refractivity contribution in [2.75, 3.05) is 28.8 Å². The quantitative estimate of drug-likeness (QED) is 0.855. The SMILES string of the molecule is Cc1c(Cl)cccc1NC(=O)c1cc(N(C)C2CCS(=O)(=O)C2)ncn1. The summed E-state index contributed by atoms with van der Waals surface area (Å²) < 4.78 is 23.4. The number of carbonyl (C=O) groups is 1. The number of nitrogens with one attached hydrogen (secondary N) is 1. The molecule has 1 aromatic heterocycles. The summed E-state index contributed by atoms with van der Waals surface area (Å²) in [5, 5.41) is 3.35. The second-order valence-corrected chi connectivity index (χ2v) is 8.93. The zero-order valence-corrected chi connectivity index (χ0v) is 16.0. The predicted molar refractivity (Wildman–Crippen MR) is 102 cm³/mol. The molecule has 1 atom stereocenters. The number of sulfone groups is 1. The van der Waals surface area contributed by atoms with E-state index in [0.717, 1.165) is 5.56 Å². The van der Waals surface area contributed by atoms with Gasteiger partial charge >= 0.3 is 0 Å². The number of aromatic nitrogens is 2. The molecule has 9 heteroatoms. The van der Waals surface area contributed by atoms with Gasteiger partial charge in [0.25, 0.3) is 5.91 Å². The first-order valence-corrected chi connectivity index (χ1v) is 10.3. The average Bonchev–Trinajstić information content (AvgIpc) is 2.98. The molecule has 1 unspecified atom stereocenters. The molecule has 1 N–H and O–H groups in total. The molecule has 1 amide bonds. The lowest BCUT2D eigenvalue weighted by Crippen LogP contribution is -2.33. The van der Waals surface area contributed by atoms with Crippen LogP contribution in [-0.4, -0.2) is 48.9 Å². The standard InChI is InChI=1S/C17H19ClN4O3S/c1-11-13(18)4-3-5-14(11)21-17(23)15-8-16(20-10-19-15)22(2)12-6-7-26(24,25)9-12/h3-5,8,10,12H,6-7,9H2,1-2H3,(H,21,23). The summed E-state index contributed by atoms with van der Waals surface area (Å²) in [5.41, 5.74) is 1.57. The van der Waals surface area contributed by atoms with Crippen LogP contribution in [0.3, 0.4) is 0 Å². The fourth-order valence-corrected chi connectivity index (χ4v) is 4.81. The molecule has 2 aromatic rings. The first-order valence-electron chi connectivity index (χ1n) is 8.08. The Balaban J connectivity index is 1.78. The molecule has 1 aliphatic heterocycles. The van der Waals surface area contributed by atoms with Crippen LogP contribution in [0.15, 0.2) is 30.6 Å². The van der Waals surface area contributed by atoms with Crippen molar-refractivity contribution < 1.29 is 13.2 Å². The van der Waals surface area contributed by atoms with E-state index >= 15 is 0 Å². The number of halogens is 1. The van der Waals surface area contributed by atoms with E-state index in [4.69, 9.17) is 11.6 Å². The van der Waals surface area contributed by atoms with Gasteiger partial charge in [-0.05, 0) is 31.0 Å². The zero-order valence-electron chi connectivity index (χ0n) is 14.4. The number of benzene rings is 1. The topological polar surface area (TPSA) is 92.3 Å². The average molecular weight is 395 g/mol. The molecular formula is C17H19ClN4O3S. The van der Waals surface area contributed by atoms with Crippen LogP contribution >= 0.6 is 11.6 Å². The normalized spacial score (nSPS) is 18.5. The highest BCUT2D eigenvalue weighted by atomic mass is 35.5. The Morgan fingerprint density at radius 2 is 2.12 bits per heavy atom. The van der Waals surface area contributed by atoms with E-state index in [9.17, 15) is 13.2 Å². The second kappa shape index (κ2) is 7.20. The Kier molecular flexibility index (Phi) is 5.15. The molecule has 1 aliphatic rings. The van der Waals surface area contributed by atoms with Crippen LogP contribution in [0.2, 0.25) is 5.02 Å². The number of rotatable bonds is 4. The molecule has 1 saturated heterocycles. The summed E-state index contributed by atoms with van der Waals surface area (Å²) in [6, 6.07) is 6.67. The minimum atomic E-state index is -3.00. The Morgan fingerprint density at radius 3 is 2.81 bits per heavy atom. The third kappa shape index (κ3) is 3.96. The largest absolute Gasteiger partial charge is 0.356 e. The van der Waals surface area contributed by atoms with Gasteiger partial charge in [0.05, 0.1) is 11.5 Å². The van der Waals surface area contributed by atoms with Gasteiger partial charge in [-0.25, -0.2) is 18.4 Å². The van der Waals surface area contributed by atoms with Crippen molar-refractivity contribution in [2.24, 2.45) is 0 Å². The molecule has 1 fully saturated rings. The molecule has 0 aliphatic carbocycles. The molecule has 2 heterocycles. The predicted octanol–water partition coefficient (Wildman–Crippen LogP) is 2.31. The molecular weight excluding hydrogens is 376 g/mol. The fraction of sp³-hybridized carbons (Fsp3) is 0.353. The second-order valence-electron chi connectivity index (χ2n) is 6.30. The van der Waals surface area contributed by atoms with Crippen LogP contribution in [0.5, 0.6) is 0 Å². The summed E-state index contributed by atoms with van der Waals surface area (Å²) in [6.45, 7) is 1.82. The molecule has 0 spiro atoms. The highest BCUT2D eigenvalue weighted by molar-refractivity contribution is 7.91. The van der Waals surface area contributed by atoms with Gasteiger partial charge in [-0.15, -0.1) is 0 Å². The molecule has 1 aromatic carbocycles. The number of anilines is 2. The van der Waals surface area contributed by atoms with Crippen molar-refractivity contribution in [3.05, 3.63) is 46.9 Å². The van der Waals surface area contributed by atoms with Crippen molar-refractivity contribution in [3.63, 3.8) is 0 Å². The maximum atomic E-state index is 12.5. The molecule has 3 rings (SSSR count). The first kappa shape index (κ1) is 18.6. The van der Waals surface area contributed by atoms with E-state index in [1.807, 2.05) is 6.92 Å². The Hall–Kier alpha value is -2.19. The van der Waals surface area contributed by atoms with Crippen molar-refractivity contribution in [3.8, 4) is 0 Å². The van der Waals surface area contributed by atoms with Crippen LogP contribution in [0.25, 0.3) is 0 Å². The van der Waals surface area contributed by atoms with Gasteiger partial charge in [0.15, 0.2) is 9.84 Å². The van der Waals surface area contributed by atoms with Crippen LogP contribution < -0.4 is 10.2 Å². The van der Waals surface area contributed by atoms with Gasteiger partial charge in [-0.2, -0.15) is 0 Å². The van der Waals surface area contributed by atoms with E-state index in [0.29, 0.717) is 22.9 Å². The summed E-state index contributed by atoms with van der Waals surface area (Å²) >= 11 is 6.07.